The molecular weight excluding hydrogens is 357 g/mol. The maximum absolute atomic E-state index is 13.3. The summed E-state index contributed by atoms with van der Waals surface area (Å²) in [5, 5.41) is 2.98. The molecule has 0 bridgehead atoms. The van der Waals surface area contributed by atoms with Gasteiger partial charge in [-0.1, -0.05) is 12.1 Å². The fraction of sp³-hybridized carbons (Fsp3) is 0.190. The lowest BCUT2D eigenvalue weighted by Gasteiger charge is -2.10. The van der Waals surface area contributed by atoms with Crippen LogP contribution in [0.25, 0.3) is 22.2 Å². The number of aromatic nitrogens is 4. The van der Waals surface area contributed by atoms with Crippen LogP contribution in [-0.2, 0) is 13.6 Å². The molecule has 1 N–H and O–H groups in total. The molecular formula is C21H20FN5O. The van der Waals surface area contributed by atoms with Crippen LogP contribution in [0.1, 0.15) is 16.8 Å². The highest BCUT2D eigenvalue weighted by molar-refractivity contribution is 6.06. The van der Waals surface area contributed by atoms with Crippen molar-refractivity contribution in [3.63, 3.8) is 0 Å². The average molecular weight is 377 g/mol. The van der Waals surface area contributed by atoms with E-state index in [1.165, 1.54) is 12.1 Å². The third-order valence-corrected chi connectivity index (χ3v) is 4.67. The third-order valence-electron chi connectivity index (χ3n) is 4.67. The van der Waals surface area contributed by atoms with Crippen molar-refractivity contribution >= 4 is 16.9 Å². The number of imidazole rings is 2. The van der Waals surface area contributed by atoms with Crippen LogP contribution in [0, 0.1) is 5.82 Å². The van der Waals surface area contributed by atoms with Crippen molar-refractivity contribution in [2.45, 2.75) is 13.0 Å². The summed E-state index contributed by atoms with van der Waals surface area (Å²) in [7, 11) is 1.86. The molecule has 0 aliphatic carbocycles. The third kappa shape index (κ3) is 3.64. The van der Waals surface area contributed by atoms with Gasteiger partial charge in [0.15, 0.2) is 0 Å². The molecule has 2 heterocycles. The van der Waals surface area contributed by atoms with E-state index < -0.39 is 0 Å². The van der Waals surface area contributed by atoms with Gasteiger partial charge < -0.3 is 14.5 Å². The number of halogens is 1. The molecule has 6 nitrogen and oxygen atoms in total. The average Bonchev–Trinajstić information content (AvgIpc) is 3.35. The summed E-state index contributed by atoms with van der Waals surface area (Å²) in [5.41, 5.74) is 3.73. The van der Waals surface area contributed by atoms with Gasteiger partial charge in [0.1, 0.15) is 5.82 Å². The quantitative estimate of drug-likeness (QED) is 0.524. The van der Waals surface area contributed by atoms with Crippen molar-refractivity contribution in [2.24, 2.45) is 7.05 Å². The Balaban J connectivity index is 1.58. The van der Waals surface area contributed by atoms with Crippen LogP contribution in [0.15, 0.2) is 61.4 Å². The number of carbonyl (C=O) groups excluding carboxylic acids is 1. The summed E-state index contributed by atoms with van der Waals surface area (Å²) in [6, 6.07) is 9.97. The molecule has 28 heavy (non-hydrogen) atoms. The molecule has 0 fully saturated rings. The van der Waals surface area contributed by atoms with Gasteiger partial charge in [0, 0.05) is 32.5 Å². The number of benzene rings is 2. The Morgan fingerprint density at radius 2 is 1.96 bits per heavy atom. The minimum absolute atomic E-state index is 0.150. The zero-order chi connectivity index (χ0) is 19.5. The molecule has 2 aromatic heterocycles. The van der Waals surface area contributed by atoms with Gasteiger partial charge in [-0.3, -0.25) is 4.79 Å². The van der Waals surface area contributed by atoms with Gasteiger partial charge in [-0.25, -0.2) is 14.4 Å². The smallest absolute Gasteiger partial charge is 0.253 e. The van der Waals surface area contributed by atoms with Crippen LogP contribution in [0.3, 0.4) is 0 Å². The largest absolute Gasteiger partial charge is 0.352 e. The van der Waals surface area contributed by atoms with E-state index in [0.717, 1.165) is 35.1 Å². The first kappa shape index (κ1) is 17.9. The molecule has 0 saturated carbocycles. The molecule has 142 valence electrons. The summed E-state index contributed by atoms with van der Waals surface area (Å²) in [4.78, 5) is 21.3. The Kier molecular flexibility index (Phi) is 4.89. The highest BCUT2D eigenvalue weighted by atomic mass is 19.1. The van der Waals surface area contributed by atoms with E-state index in [0.29, 0.717) is 12.1 Å². The van der Waals surface area contributed by atoms with Crippen LogP contribution >= 0.6 is 0 Å². The van der Waals surface area contributed by atoms with Gasteiger partial charge in [-0.15, -0.1) is 0 Å². The molecule has 0 unspecified atom stereocenters. The first-order valence-electron chi connectivity index (χ1n) is 9.07. The predicted molar refractivity (Wildman–Crippen MR) is 105 cm³/mol. The Morgan fingerprint density at radius 1 is 1.14 bits per heavy atom. The van der Waals surface area contributed by atoms with Crippen LogP contribution in [-0.4, -0.2) is 31.6 Å². The second-order valence-corrected chi connectivity index (χ2v) is 6.66. The molecule has 4 rings (SSSR count). The second-order valence-electron chi connectivity index (χ2n) is 6.66. The summed E-state index contributed by atoms with van der Waals surface area (Å²) in [6.45, 7) is 1.34. The Hall–Kier alpha value is -3.48. The zero-order valence-electron chi connectivity index (χ0n) is 15.5. The van der Waals surface area contributed by atoms with Gasteiger partial charge in [-0.2, -0.15) is 0 Å². The van der Waals surface area contributed by atoms with Crippen molar-refractivity contribution in [1.29, 1.82) is 0 Å². The molecule has 0 saturated heterocycles. The number of nitrogens with one attached hydrogen (secondary N) is 1. The molecule has 1 amide bonds. The van der Waals surface area contributed by atoms with Crippen molar-refractivity contribution in [2.75, 3.05) is 6.54 Å². The highest BCUT2D eigenvalue weighted by Crippen LogP contribution is 2.27. The maximum atomic E-state index is 13.3. The molecule has 7 heteroatoms. The summed E-state index contributed by atoms with van der Waals surface area (Å²) >= 11 is 0. The maximum Gasteiger partial charge on any atom is 0.253 e. The number of aryl methyl sites for hydroxylation is 2. The van der Waals surface area contributed by atoms with E-state index in [4.69, 9.17) is 0 Å². The molecule has 0 aliphatic heterocycles. The Morgan fingerprint density at radius 3 is 2.71 bits per heavy atom. The van der Waals surface area contributed by atoms with E-state index in [9.17, 15) is 9.18 Å². The van der Waals surface area contributed by atoms with Gasteiger partial charge in [0.25, 0.3) is 5.91 Å². The van der Waals surface area contributed by atoms with Crippen molar-refractivity contribution in [3.8, 4) is 11.1 Å². The number of carbonyl (C=O) groups is 1. The summed E-state index contributed by atoms with van der Waals surface area (Å²) < 4.78 is 17.1. The first-order valence-corrected chi connectivity index (χ1v) is 9.07. The minimum atomic E-state index is -0.293. The fourth-order valence-electron chi connectivity index (χ4n) is 3.25. The van der Waals surface area contributed by atoms with E-state index >= 15 is 0 Å². The molecule has 0 atom stereocenters. The van der Waals surface area contributed by atoms with E-state index in [1.807, 2.05) is 34.5 Å². The molecule has 0 aliphatic rings. The number of rotatable bonds is 6. The lowest BCUT2D eigenvalue weighted by Crippen LogP contribution is -2.25. The second kappa shape index (κ2) is 7.64. The number of hydrogen-bond donors (Lipinski definition) is 1. The lowest BCUT2D eigenvalue weighted by molar-refractivity contribution is 0.0954. The van der Waals surface area contributed by atoms with Gasteiger partial charge in [-0.05, 0) is 41.8 Å². The van der Waals surface area contributed by atoms with Crippen LogP contribution in [0.5, 0.6) is 0 Å². The topological polar surface area (TPSA) is 64.7 Å². The van der Waals surface area contributed by atoms with Gasteiger partial charge in [0.2, 0.25) is 0 Å². The predicted octanol–water partition coefficient (Wildman–Crippen LogP) is 3.40. The Labute approximate surface area is 161 Å². The number of hydrogen-bond acceptors (Lipinski definition) is 3. The standard InChI is InChI=1S/C21H20FN5O/c1-26-14-25-19-12-16(15-3-5-17(22)6-4-15)11-18(20(19)26)21(28)24-7-2-9-27-10-8-23-13-27/h3-6,8,10-14H,2,7,9H2,1H3,(H,24,28). The SMILES string of the molecule is Cn1cnc2cc(-c3ccc(F)cc3)cc(C(=O)NCCCn3ccnc3)c21. The van der Waals surface area contributed by atoms with Crippen LogP contribution in [0.2, 0.25) is 0 Å². The van der Waals surface area contributed by atoms with Crippen LogP contribution < -0.4 is 5.32 Å². The number of nitrogens with zero attached hydrogens (tertiary/aromatic N) is 4. The molecule has 0 spiro atoms. The lowest BCUT2D eigenvalue weighted by atomic mass is 10.0. The first-order chi connectivity index (χ1) is 13.6. The summed E-state index contributed by atoms with van der Waals surface area (Å²) in [6.07, 6.45) is 7.88. The number of amides is 1. The fourth-order valence-corrected chi connectivity index (χ4v) is 3.25. The van der Waals surface area contributed by atoms with Crippen molar-refractivity contribution in [3.05, 3.63) is 72.8 Å². The van der Waals surface area contributed by atoms with Gasteiger partial charge in [0.05, 0.1) is 29.3 Å². The van der Waals surface area contributed by atoms with Crippen molar-refractivity contribution in [1.82, 2.24) is 24.4 Å². The Bertz CT molecular complexity index is 1100. The van der Waals surface area contributed by atoms with Crippen LogP contribution in [0.4, 0.5) is 4.39 Å². The number of fused-ring (bicyclic) bond motifs is 1. The van der Waals surface area contributed by atoms with E-state index in [-0.39, 0.29) is 11.7 Å². The molecule has 2 aromatic carbocycles. The van der Waals surface area contributed by atoms with Gasteiger partial charge >= 0.3 is 0 Å². The van der Waals surface area contributed by atoms with E-state index in [1.54, 1.807) is 31.0 Å². The molecule has 4 aromatic rings. The summed E-state index contributed by atoms with van der Waals surface area (Å²) in [5.74, 6) is -0.443. The van der Waals surface area contributed by atoms with Crippen molar-refractivity contribution < 1.29 is 9.18 Å². The highest BCUT2D eigenvalue weighted by Gasteiger charge is 2.16. The zero-order valence-corrected chi connectivity index (χ0v) is 15.5. The normalized spacial score (nSPS) is 11.1. The monoisotopic (exact) mass is 377 g/mol. The van der Waals surface area contributed by atoms with E-state index in [2.05, 4.69) is 15.3 Å². The molecule has 0 radical (unpaired) electrons. The minimum Gasteiger partial charge on any atom is -0.352 e.